The molecule has 3 amide bonds. The predicted molar refractivity (Wildman–Crippen MR) is 78.7 cm³/mol. The molecule has 0 heterocycles. The first kappa shape index (κ1) is 17.5. The normalized spacial score (nSPS) is 20.6. The van der Waals surface area contributed by atoms with Crippen LogP contribution in [0.4, 0.5) is 4.79 Å². The molecular weight excluding hydrogens is 272 g/mol. The number of aliphatic carboxylic acids is 1. The van der Waals surface area contributed by atoms with E-state index in [1.165, 1.54) is 0 Å². The first-order valence-electron chi connectivity index (χ1n) is 7.31. The Balaban J connectivity index is 2.47. The van der Waals surface area contributed by atoms with Gasteiger partial charge in [0.05, 0.1) is 6.42 Å². The molecule has 0 aromatic heterocycles. The second-order valence-electron chi connectivity index (χ2n) is 7.53. The van der Waals surface area contributed by atoms with E-state index in [0.717, 1.165) is 19.3 Å². The molecule has 21 heavy (non-hydrogen) atoms. The molecule has 120 valence electrons. The molecule has 0 unspecified atom stereocenters. The van der Waals surface area contributed by atoms with Gasteiger partial charge in [0.1, 0.15) is 0 Å². The summed E-state index contributed by atoms with van der Waals surface area (Å²) in [5.74, 6) is -1.62. The van der Waals surface area contributed by atoms with Gasteiger partial charge < -0.3 is 10.4 Å². The van der Waals surface area contributed by atoms with Gasteiger partial charge in [-0.1, -0.05) is 27.7 Å². The molecule has 6 heteroatoms. The van der Waals surface area contributed by atoms with Crippen LogP contribution in [-0.4, -0.2) is 29.1 Å². The van der Waals surface area contributed by atoms with Gasteiger partial charge in [0.25, 0.3) is 0 Å². The highest BCUT2D eigenvalue weighted by Crippen LogP contribution is 2.45. The van der Waals surface area contributed by atoms with Gasteiger partial charge in [-0.25, -0.2) is 4.79 Å². The number of nitrogens with one attached hydrogen (secondary N) is 2. The molecule has 0 aromatic carbocycles. The van der Waals surface area contributed by atoms with E-state index in [1.54, 1.807) is 0 Å². The van der Waals surface area contributed by atoms with Gasteiger partial charge in [0.15, 0.2) is 0 Å². The summed E-state index contributed by atoms with van der Waals surface area (Å²) in [7, 11) is 0. The standard InChI is InChI=1S/C15H26N2O4/c1-14(2)7-10(8-15(3,4)9-14)16-13(21)17-11(18)5-6-12(19)20/h10H,5-9H2,1-4H3,(H,19,20)(H2,16,17,18,21). The van der Waals surface area contributed by atoms with Crippen molar-refractivity contribution in [2.45, 2.75) is 65.8 Å². The van der Waals surface area contributed by atoms with Crippen LogP contribution in [0.15, 0.2) is 0 Å². The summed E-state index contributed by atoms with van der Waals surface area (Å²) in [4.78, 5) is 33.6. The van der Waals surface area contributed by atoms with Gasteiger partial charge in [0.2, 0.25) is 5.91 Å². The average molecular weight is 298 g/mol. The number of rotatable bonds is 4. The highest BCUT2D eigenvalue weighted by molar-refractivity contribution is 5.95. The number of carboxylic acid groups (broad SMARTS) is 1. The van der Waals surface area contributed by atoms with E-state index >= 15 is 0 Å². The highest BCUT2D eigenvalue weighted by Gasteiger charge is 2.38. The Morgan fingerprint density at radius 3 is 2.05 bits per heavy atom. The summed E-state index contributed by atoms with van der Waals surface area (Å²) in [5.41, 5.74) is 0.292. The Morgan fingerprint density at radius 1 is 1.05 bits per heavy atom. The number of carbonyl (C=O) groups excluding carboxylic acids is 2. The maximum atomic E-state index is 11.8. The Hall–Kier alpha value is -1.59. The number of imide groups is 1. The van der Waals surface area contributed by atoms with E-state index < -0.39 is 17.9 Å². The third-order valence-electron chi connectivity index (χ3n) is 3.71. The van der Waals surface area contributed by atoms with E-state index in [-0.39, 0.29) is 29.7 Å². The summed E-state index contributed by atoms with van der Waals surface area (Å²) in [6, 6.07) is -0.514. The average Bonchev–Trinajstić information content (AvgIpc) is 2.21. The monoisotopic (exact) mass is 298 g/mol. The van der Waals surface area contributed by atoms with Crippen LogP contribution in [0.2, 0.25) is 0 Å². The van der Waals surface area contributed by atoms with E-state index in [1.807, 2.05) is 0 Å². The third kappa shape index (κ3) is 6.60. The summed E-state index contributed by atoms with van der Waals surface area (Å²) >= 11 is 0. The molecule has 0 spiro atoms. The number of hydrogen-bond donors (Lipinski definition) is 3. The van der Waals surface area contributed by atoms with Gasteiger partial charge in [-0.15, -0.1) is 0 Å². The smallest absolute Gasteiger partial charge is 0.321 e. The Morgan fingerprint density at radius 2 is 1.57 bits per heavy atom. The van der Waals surface area contributed by atoms with Crippen molar-refractivity contribution in [3.05, 3.63) is 0 Å². The Kier molecular flexibility index (Phi) is 5.36. The van der Waals surface area contributed by atoms with Crippen molar-refractivity contribution >= 4 is 17.9 Å². The zero-order chi connectivity index (χ0) is 16.3. The van der Waals surface area contributed by atoms with Crippen LogP contribution in [0, 0.1) is 10.8 Å². The van der Waals surface area contributed by atoms with Crippen LogP contribution in [0.25, 0.3) is 0 Å². The highest BCUT2D eigenvalue weighted by atomic mass is 16.4. The number of amides is 3. The maximum Gasteiger partial charge on any atom is 0.321 e. The second kappa shape index (κ2) is 6.45. The molecule has 6 nitrogen and oxygen atoms in total. The second-order valence-corrected chi connectivity index (χ2v) is 7.53. The van der Waals surface area contributed by atoms with E-state index in [2.05, 4.69) is 38.3 Å². The van der Waals surface area contributed by atoms with Gasteiger partial charge in [-0.3, -0.25) is 14.9 Å². The van der Waals surface area contributed by atoms with E-state index in [4.69, 9.17) is 5.11 Å². The summed E-state index contributed by atoms with van der Waals surface area (Å²) in [5, 5.41) is 13.5. The molecule has 1 saturated carbocycles. The molecule has 0 bridgehead atoms. The molecule has 0 aromatic rings. The van der Waals surface area contributed by atoms with Crippen LogP contribution in [0.1, 0.15) is 59.8 Å². The summed E-state index contributed by atoms with van der Waals surface area (Å²) in [6.45, 7) is 8.72. The van der Waals surface area contributed by atoms with Gasteiger partial charge in [0, 0.05) is 12.5 Å². The molecule has 3 N–H and O–H groups in total. The van der Waals surface area contributed by atoms with Crippen molar-refractivity contribution in [3.8, 4) is 0 Å². The molecule has 1 aliphatic rings. The zero-order valence-electron chi connectivity index (χ0n) is 13.3. The largest absolute Gasteiger partial charge is 0.481 e. The van der Waals surface area contributed by atoms with Crippen LogP contribution in [-0.2, 0) is 9.59 Å². The fraction of sp³-hybridized carbons (Fsp3) is 0.800. The summed E-state index contributed by atoms with van der Waals surface area (Å²) < 4.78 is 0. The number of hydrogen-bond acceptors (Lipinski definition) is 3. The van der Waals surface area contributed by atoms with Crippen LogP contribution in [0.5, 0.6) is 0 Å². The van der Waals surface area contributed by atoms with Crippen LogP contribution in [0.3, 0.4) is 0 Å². The lowest BCUT2D eigenvalue weighted by Crippen LogP contribution is -2.50. The SMILES string of the molecule is CC1(C)CC(NC(=O)NC(=O)CCC(=O)O)CC(C)(C)C1. The third-order valence-corrected chi connectivity index (χ3v) is 3.71. The van der Waals surface area contributed by atoms with E-state index in [9.17, 15) is 14.4 Å². The molecule has 0 atom stereocenters. The van der Waals surface area contributed by atoms with Crippen molar-refractivity contribution in [1.82, 2.24) is 10.6 Å². The molecule has 0 saturated heterocycles. The molecule has 1 fully saturated rings. The van der Waals surface area contributed by atoms with Crippen molar-refractivity contribution in [2.24, 2.45) is 10.8 Å². The summed E-state index contributed by atoms with van der Waals surface area (Å²) in [6.07, 6.45) is 2.37. The van der Waals surface area contributed by atoms with E-state index in [0.29, 0.717) is 0 Å². The topological polar surface area (TPSA) is 95.5 Å². The Labute approximate surface area is 125 Å². The Bertz CT molecular complexity index is 413. The van der Waals surface area contributed by atoms with Crippen molar-refractivity contribution in [3.63, 3.8) is 0 Å². The first-order valence-corrected chi connectivity index (χ1v) is 7.31. The minimum Gasteiger partial charge on any atom is -0.481 e. The molecule has 1 rings (SSSR count). The fourth-order valence-electron chi connectivity index (χ4n) is 3.58. The number of carbonyl (C=O) groups is 3. The van der Waals surface area contributed by atoms with Crippen molar-refractivity contribution in [2.75, 3.05) is 0 Å². The van der Waals surface area contributed by atoms with Gasteiger partial charge in [-0.05, 0) is 30.1 Å². The van der Waals surface area contributed by atoms with Gasteiger partial charge >= 0.3 is 12.0 Å². The lowest BCUT2D eigenvalue weighted by atomic mass is 9.63. The first-order chi connectivity index (χ1) is 9.49. The minimum absolute atomic E-state index is 0.0241. The molecule has 1 aliphatic carbocycles. The fourth-order valence-corrected chi connectivity index (χ4v) is 3.58. The molecule has 0 radical (unpaired) electrons. The quantitative estimate of drug-likeness (QED) is 0.742. The minimum atomic E-state index is -1.05. The number of urea groups is 1. The molecule has 0 aliphatic heterocycles. The lowest BCUT2D eigenvalue weighted by Gasteiger charge is -2.45. The van der Waals surface area contributed by atoms with Crippen LogP contribution >= 0.6 is 0 Å². The molecular formula is C15H26N2O4. The van der Waals surface area contributed by atoms with Crippen molar-refractivity contribution < 1.29 is 19.5 Å². The van der Waals surface area contributed by atoms with Crippen molar-refractivity contribution in [1.29, 1.82) is 0 Å². The maximum absolute atomic E-state index is 11.8. The predicted octanol–water partition coefficient (Wildman–Crippen LogP) is 2.28. The van der Waals surface area contributed by atoms with Crippen LogP contribution < -0.4 is 10.6 Å². The van der Waals surface area contributed by atoms with Gasteiger partial charge in [-0.2, -0.15) is 0 Å². The lowest BCUT2D eigenvalue weighted by molar-refractivity contribution is -0.138. The number of carboxylic acids is 1. The zero-order valence-corrected chi connectivity index (χ0v) is 13.3.